The van der Waals surface area contributed by atoms with Gasteiger partial charge in [0.1, 0.15) is 18.5 Å². The fourth-order valence-electron chi connectivity index (χ4n) is 7.88. The first-order valence-electron chi connectivity index (χ1n) is 17.3. The molecule has 4 atom stereocenters. The second-order valence-corrected chi connectivity index (χ2v) is 13.5. The summed E-state index contributed by atoms with van der Waals surface area (Å²) in [5.74, 6) is 0.981. The maximum atomic E-state index is 12.8. The molecule has 2 aromatic carbocycles. The molecule has 0 aliphatic carbocycles. The molecule has 3 saturated heterocycles. The highest BCUT2D eigenvalue weighted by atomic mass is 16.6. The van der Waals surface area contributed by atoms with Gasteiger partial charge in [-0.05, 0) is 48.4 Å². The minimum absolute atomic E-state index is 0.0314. The van der Waals surface area contributed by atoms with Crippen molar-refractivity contribution in [3.05, 3.63) is 95.3 Å². The molecule has 0 spiro atoms. The topological polar surface area (TPSA) is 107 Å². The maximum Gasteiger partial charge on any atom is 0.410 e. The number of hydrogen-bond donors (Lipinski definition) is 0. The van der Waals surface area contributed by atoms with Crippen molar-refractivity contribution in [2.75, 3.05) is 62.2 Å². The number of benzene rings is 2. The number of carbonyl (C=O) groups excluding carboxylic acids is 1. The number of nitrogens with zero attached hydrogens (tertiary/aromatic N) is 7. The fourth-order valence-corrected chi connectivity index (χ4v) is 7.88. The number of fused-ring (bicyclic) bond motifs is 3. The molecular weight excluding hydrogens is 618 g/mol. The molecule has 4 aliphatic rings. The Bertz CT molecular complexity index is 1870. The minimum atomic E-state index is -0.289. The lowest BCUT2D eigenvalue weighted by Gasteiger charge is -2.40. The molecule has 8 rings (SSSR count). The zero-order valence-electron chi connectivity index (χ0n) is 27.8. The van der Waals surface area contributed by atoms with Crippen molar-refractivity contribution in [3.8, 4) is 6.07 Å². The van der Waals surface area contributed by atoms with Gasteiger partial charge in [0.05, 0.1) is 48.6 Å². The molecular formula is C38H41N7O4. The maximum absolute atomic E-state index is 12.8. The predicted molar refractivity (Wildman–Crippen MR) is 185 cm³/mol. The summed E-state index contributed by atoms with van der Waals surface area (Å²) in [6.45, 7) is 9.04. The van der Waals surface area contributed by atoms with Crippen molar-refractivity contribution in [3.63, 3.8) is 0 Å². The molecule has 0 saturated carbocycles. The van der Waals surface area contributed by atoms with E-state index in [1.807, 2.05) is 42.5 Å². The van der Waals surface area contributed by atoms with Gasteiger partial charge in [-0.3, -0.25) is 9.88 Å². The summed E-state index contributed by atoms with van der Waals surface area (Å²) < 4.78 is 18.4. The standard InChI is InChI=1S/C38H41N7O4/c1-26-19-44(33-11-9-28(18-39)37-31(33)8-5-14-40-37)22-30(49-26)21-42-23-34-35(24-42)47-17-16-45(34)36-12-10-29-20-43(15-13-32(29)41-36)38(46)48-25-27-6-3-2-4-7-27/h2-12,14,26,30,34-35H,13,15-17,19-25H2,1H3/t26-,30+,34-,35+/m1/s1. The van der Waals surface area contributed by atoms with E-state index in [0.717, 1.165) is 78.5 Å². The normalized spacial score (nSPS) is 24.0. The van der Waals surface area contributed by atoms with E-state index in [2.05, 4.69) is 56.9 Å². The van der Waals surface area contributed by atoms with E-state index in [1.54, 1.807) is 11.1 Å². The van der Waals surface area contributed by atoms with E-state index in [9.17, 15) is 10.1 Å². The van der Waals surface area contributed by atoms with Crippen LogP contribution >= 0.6 is 0 Å². The van der Waals surface area contributed by atoms with Gasteiger partial charge in [-0.25, -0.2) is 9.78 Å². The van der Waals surface area contributed by atoms with Gasteiger partial charge in [0.15, 0.2) is 0 Å². The van der Waals surface area contributed by atoms with E-state index >= 15 is 0 Å². The zero-order chi connectivity index (χ0) is 33.3. The second kappa shape index (κ2) is 13.6. The van der Waals surface area contributed by atoms with Crippen molar-refractivity contribution in [1.29, 1.82) is 5.26 Å². The quantitative estimate of drug-likeness (QED) is 0.296. The molecule has 0 bridgehead atoms. The Morgan fingerprint density at radius 1 is 1.02 bits per heavy atom. The van der Waals surface area contributed by atoms with E-state index in [4.69, 9.17) is 19.2 Å². The van der Waals surface area contributed by atoms with Gasteiger partial charge >= 0.3 is 6.09 Å². The van der Waals surface area contributed by atoms with E-state index in [-0.39, 0.29) is 37.1 Å². The third kappa shape index (κ3) is 6.52. The van der Waals surface area contributed by atoms with Crippen LogP contribution in [0.1, 0.15) is 29.3 Å². The number of carbonyl (C=O) groups is 1. The van der Waals surface area contributed by atoms with Crippen molar-refractivity contribution in [2.24, 2.45) is 0 Å². The Labute approximate surface area is 286 Å². The number of pyridine rings is 2. The summed E-state index contributed by atoms with van der Waals surface area (Å²) in [6, 6.07) is 24.4. The lowest BCUT2D eigenvalue weighted by molar-refractivity contribution is -0.0317. The number of anilines is 2. The monoisotopic (exact) mass is 659 g/mol. The van der Waals surface area contributed by atoms with Crippen LogP contribution in [0.4, 0.5) is 16.3 Å². The number of hydrogen-bond acceptors (Lipinski definition) is 10. The van der Waals surface area contributed by atoms with Crippen LogP contribution in [-0.4, -0.2) is 103 Å². The predicted octanol–water partition coefficient (Wildman–Crippen LogP) is 4.38. The van der Waals surface area contributed by atoms with Crippen LogP contribution in [0.2, 0.25) is 0 Å². The van der Waals surface area contributed by atoms with Gasteiger partial charge < -0.3 is 28.9 Å². The summed E-state index contributed by atoms with van der Waals surface area (Å²) in [7, 11) is 0. The Balaban J connectivity index is 0.910. The third-order valence-corrected chi connectivity index (χ3v) is 10.2. The van der Waals surface area contributed by atoms with Crippen LogP contribution in [0.3, 0.4) is 0 Å². The number of morpholine rings is 2. The smallest absolute Gasteiger partial charge is 0.410 e. The number of rotatable bonds is 6. The molecule has 11 heteroatoms. The fraction of sp³-hybridized carbons (Fsp3) is 0.421. The number of ether oxygens (including phenoxy) is 3. The van der Waals surface area contributed by atoms with E-state index in [1.165, 1.54) is 0 Å². The largest absolute Gasteiger partial charge is 0.445 e. The summed E-state index contributed by atoms with van der Waals surface area (Å²) in [5.41, 5.74) is 5.54. The average molecular weight is 660 g/mol. The zero-order valence-corrected chi connectivity index (χ0v) is 27.8. The lowest BCUT2D eigenvalue weighted by atomic mass is 10.1. The number of likely N-dealkylation sites (tertiary alicyclic amines) is 1. The van der Waals surface area contributed by atoms with Crippen LogP contribution < -0.4 is 9.80 Å². The number of nitriles is 1. The summed E-state index contributed by atoms with van der Waals surface area (Å²) >= 11 is 0. The molecule has 0 unspecified atom stereocenters. The summed E-state index contributed by atoms with van der Waals surface area (Å²) in [6.07, 6.45) is 2.36. The molecule has 0 radical (unpaired) electrons. The van der Waals surface area contributed by atoms with Crippen molar-refractivity contribution < 1.29 is 19.0 Å². The molecule has 2 aromatic heterocycles. The van der Waals surface area contributed by atoms with Gasteiger partial charge in [0.25, 0.3) is 0 Å². The van der Waals surface area contributed by atoms with Gasteiger partial charge in [-0.15, -0.1) is 0 Å². The second-order valence-electron chi connectivity index (χ2n) is 13.5. The van der Waals surface area contributed by atoms with Crippen LogP contribution in [-0.2, 0) is 33.8 Å². The van der Waals surface area contributed by atoms with Gasteiger partial charge in [-0.1, -0.05) is 36.4 Å². The number of aromatic nitrogens is 2. The van der Waals surface area contributed by atoms with Gasteiger partial charge in [0.2, 0.25) is 0 Å². The molecule has 4 aromatic rings. The van der Waals surface area contributed by atoms with Gasteiger partial charge in [0, 0.05) is 75.2 Å². The van der Waals surface area contributed by atoms with Crippen LogP contribution in [0, 0.1) is 11.3 Å². The molecule has 49 heavy (non-hydrogen) atoms. The highest BCUT2D eigenvalue weighted by Crippen LogP contribution is 2.32. The first kappa shape index (κ1) is 31.5. The minimum Gasteiger partial charge on any atom is -0.445 e. The molecule has 252 valence electrons. The Kier molecular flexibility index (Phi) is 8.76. The number of amides is 1. The molecule has 6 heterocycles. The summed E-state index contributed by atoms with van der Waals surface area (Å²) in [5, 5.41) is 10.6. The van der Waals surface area contributed by atoms with Gasteiger partial charge in [-0.2, -0.15) is 5.26 Å². The van der Waals surface area contributed by atoms with E-state index < -0.39 is 0 Å². The van der Waals surface area contributed by atoms with Crippen LogP contribution in [0.15, 0.2) is 72.9 Å². The molecule has 4 aliphatic heterocycles. The Morgan fingerprint density at radius 3 is 2.80 bits per heavy atom. The van der Waals surface area contributed by atoms with Crippen molar-refractivity contribution in [1.82, 2.24) is 19.8 Å². The molecule has 11 nitrogen and oxygen atoms in total. The first-order chi connectivity index (χ1) is 24.0. The van der Waals surface area contributed by atoms with Crippen molar-refractivity contribution in [2.45, 2.75) is 50.8 Å². The Morgan fingerprint density at radius 2 is 1.92 bits per heavy atom. The molecule has 3 fully saturated rings. The average Bonchev–Trinajstić information content (AvgIpc) is 3.55. The van der Waals surface area contributed by atoms with E-state index in [0.29, 0.717) is 31.7 Å². The lowest BCUT2D eigenvalue weighted by Crippen LogP contribution is -2.52. The SMILES string of the molecule is C[C@@H]1CN(c2ccc(C#N)c3ncccc23)C[C@H](CN2C[C@@H]3OCCN(c4ccc5c(n4)CCN(C(=O)OCc4ccccc4)C5)[C@@H]3C2)O1. The van der Waals surface area contributed by atoms with Crippen molar-refractivity contribution >= 4 is 28.5 Å². The highest BCUT2D eigenvalue weighted by molar-refractivity contribution is 5.95. The van der Waals surface area contributed by atoms with Crippen LogP contribution in [0.5, 0.6) is 0 Å². The highest BCUT2D eigenvalue weighted by Gasteiger charge is 2.42. The van der Waals surface area contributed by atoms with Crippen LogP contribution in [0.25, 0.3) is 10.9 Å². The third-order valence-electron chi connectivity index (χ3n) is 10.2. The summed E-state index contributed by atoms with van der Waals surface area (Å²) in [4.78, 5) is 31.5. The Hall–Kier alpha value is -4.76. The molecule has 0 N–H and O–H groups in total. The first-order valence-corrected chi connectivity index (χ1v) is 17.3. The molecule has 1 amide bonds.